The quantitative estimate of drug-likeness (QED) is 0.769. The number of benzene rings is 2. The van der Waals surface area contributed by atoms with Gasteiger partial charge in [-0.2, -0.15) is 0 Å². The third-order valence-corrected chi connectivity index (χ3v) is 3.21. The summed E-state index contributed by atoms with van der Waals surface area (Å²) < 4.78 is 5.68. The number of ether oxygens (including phenoxy) is 1. The van der Waals surface area contributed by atoms with Crippen LogP contribution in [0.25, 0.3) is 22.4 Å². The van der Waals surface area contributed by atoms with Crippen molar-refractivity contribution in [2.45, 2.75) is 20.0 Å². The molecular weight excluding hydrogens is 280 g/mol. The number of aromatic carboxylic acids is 1. The molecule has 5 nitrogen and oxygen atoms in total. The van der Waals surface area contributed by atoms with E-state index < -0.39 is 5.97 Å². The number of imidazole rings is 1. The fourth-order valence-electron chi connectivity index (χ4n) is 2.27. The van der Waals surface area contributed by atoms with Crippen molar-refractivity contribution in [2.24, 2.45) is 0 Å². The van der Waals surface area contributed by atoms with Gasteiger partial charge in [0.1, 0.15) is 11.6 Å². The summed E-state index contributed by atoms with van der Waals surface area (Å²) in [5.74, 6) is 0.510. The molecule has 0 unspecified atom stereocenters. The van der Waals surface area contributed by atoms with Gasteiger partial charge in [0, 0.05) is 5.56 Å². The van der Waals surface area contributed by atoms with Crippen molar-refractivity contribution in [2.75, 3.05) is 0 Å². The molecule has 3 rings (SSSR count). The summed E-state index contributed by atoms with van der Waals surface area (Å²) in [6.45, 7) is 3.95. The maximum atomic E-state index is 11.0. The zero-order valence-corrected chi connectivity index (χ0v) is 12.3. The van der Waals surface area contributed by atoms with E-state index in [1.54, 1.807) is 18.2 Å². The maximum absolute atomic E-state index is 11.0. The number of carboxylic acid groups (broad SMARTS) is 1. The molecule has 22 heavy (non-hydrogen) atoms. The van der Waals surface area contributed by atoms with Crippen molar-refractivity contribution in [3.63, 3.8) is 0 Å². The molecule has 0 aliphatic heterocycles. The molecule has 0 saturated heterocycles. The molecule has 0 aliphatic carbocycles. The highest BCUT2D eigenvalue weighted by molar-refractivity contribution is 5.93. The van der Waals surface area contributed by atoms with Crippen LogP contribution in [0.15, 0.2) is 42.5 Å². The number of carbonyl (C=O) groups is 1. The zero-order valence-electron chi connectivity index (χ0n) is 12.3. The van der Waals surface area contributed by atoms with Crippen LogP contribution in [0.3, 0.4) is 0 Å². The number of H-pyrrole nitrogens is 1. The minimum atomic E-state index is -0.953. The number of aromatic amines is 1. The van der Waals surface area contributed by atoms with E-state index in [1.807, 2.05) is 38.1 Å². The molecule has 0 atom stereocenters. The van der Waals surface area contributed by atoms with E-state index in [0.717, 1.165) is 16.8 Å². The number of nitrogens with zero attached hydrogens (tertiary/aromatic N) is 1. The molecule has 3 aromatic rings. The molecule has 2 aromatic carbocycles. The van der Waals surface area contributed by atoms with Gasteiger partial charge in [-0.1, -0.05) is 12.1 Å². The summed E-state index contributed by atoms with van der Waals surface area (Å²) in [7, 11) is 0. The maximum Gasteiger partial charge on any atom is 0.335 e. The predicted molar refractivity (Wildman–Crippen MR) is 84.3 cm³/mol. The lowest BCUT2D eigenvalue weighted by atomic mass is 10.2. The lowest BCUT2D eigenvalue weighted by Gasteiger charge is -2.10. The molecule has 112 valence electrons. The fraction of sp³-hybridized carbons (Fsp3) is 0.176. The van der Waals surface area contributed by atoms with Crippen molar-refractivity contribution in [1.29, 1.82) is 0 Å². The molecule has 5 heteroatoms. The summed E-state index contributed by atoms with van der Waals surface area (Å²) in [5, 5.41) is 9.04. The van der Waals surface area contributed by atoms with Gasteiger partial charge in [-0.15, -0.1) is 0 Å². The van der Waals surface area contributed by atoms with Gasteiger partial charge in [0.15, 0.2) is 0 Å². The highest BCUT2D eigenvalue weighted by atomic mass is 16.5. The van der Waals surface area contributed by atoms with Gasteiger partial charge < -0.3 is 14.8 Å². The average molecular weight is 296 g/mol. The topological polar surface area (TPSA) is 75.2 Å². The second-order valence-electron chi connectivity index (χ2n) is 5.32. The van der Waals surface area contributed by atoms with E-state index in [1.165, 1.54) is 0 Å². The second-order valence-corrected chi connectivity index (χ2v) is 5.32. The van der Waals surface area contributed by atoms with Gasteiger partial charge in [-0.3, -0.25) is 0 Å². The SMILES string of the molecule is CC(C)Oc1cccc(-c2nc3ccc(C(=O)O)cc3[nH]2)c1. The first kappa shape index (κ1) is 14.1. The summed E-state index contributed by atoms with van der Waals surface area (Å²) in [5.41, 5.74) is 2.56. The first-order valence-electron chi connectivity index (χ1n) is 7.03. The molecule has 1 aromatic heterocycles. The normalized spacial score (nSPS) is 11.0. The largest absolute Gasteiger partial charge is 0.491 e. The number of rotatable bonds is 4. The van der Waals surface area contributed by atoms with Crippen LogP contribution in [0.2, 0.25) is 0 Å². The molecule has 0 bridgehead atoms. The van der Waals surface area contributed by atoms with Crippen LogP contribution in [-0.4, -0.2) is 27.1 Å². The number of hydrogen-bond donors (Lipinski definition) is 2. The van der Waals surface area contributed by atoms with Crippen LogP contribution in [-0.2, 0) is 0 Å². The first-order chi connectivity index (χ1) is 10.5. The Bertz CT molecular complexity index is 837. The minimum absolute atomic E-state index is 0.101. The zero-order chi connectivity index (χ0) is 15.7. The average Bonchev–Trinajstić information content (AvgIpc) is 2.89. The summed E-state index contributed by atoms with van der Waals surface area (Å²) in [4.78, 5) is 18.7. The third kappa shape index (κ3) is 2.79. The first-order valence-corrected chi connectivity index (χ1v) is 7.03. The van der Waals surface area contributed by atoms with E-state index in [2.05, 4.69) is 9.97 Å². The van der Waals surface area contributed by atoms with E-state index in [9.17, 15) is 4.79 Å². The number of carboxylic acids is 1. The monoisotopic (exact) mass is 296 g/mol. The van der Waals surface area contributed by atoms with Crippen molar-refractivity contribution < 1.29 is 14.6 Å². The third-order valence-electron chi connectivity index (χ3n) is 3.21. The van der Waals surface area contributed by atoms with Crippen LogP contribution in [0.1, 0.15) is 24.2 Å². The molecule has 0 amide bonds. The standard InChI is InChI=1S/C17H16N2O3/c1-10(2)22-13-5-3-4-11(8-13)16-18-14-7-6-12(17(20)21)9-15(14)19-16/h3-10H,1-2H3,(H,18,19)(H,20,21). The van der Waals surface area contributed by atoms with Crippen LogP contribution >= 0.6 is 0 Å². The molecule has 0 radical (unpaired) electrons. The summed E-state index contributed by atoms with van der Waals surface area (Å²) in [6.07, 6.45) is 0.101. The lowest BCUT2D eigenvalue weighted by molar-refractivity contribution is 0.0697. The highest BCUT2D eigenvalue weighted by Gasteiger charge is 2.09. The molecule has 2 N–H and O–H groups in total. The van der Waals surface area contributed by atoms with Crippen LogP contribution in [0, 0.1) is 0 Å². The highest BCUT2D eigenvalue weighted by Crippen LogP contribution is 2.25. The molecule has 0 fully saturated rings. The second kappa shape index (κ2) is 5.52. The van der Waals surface area contributed by atoms with E-state index in [4.69, 9.17) is 9.84 Å². The fourth-order valence-corrected chi connectivity index (χ4v) is 2.27. The van der Waals surface area contributed by atoms with Gasteiger partial charge in [0.25, 0.3) is 0 Å². The van der Waals surface area contributed by atoms with Crippen LogP contribution < -0.4 is 4.74 Å². The number of fused-ring (bicyclic) bond motifs is 1. The lowest BCUT2D eigenvalue weighted by Crippen LogP contribution is -2.05. The summed E-state index contributed by atoms with van der Waals surface area (Å²) in [6, 6.07) is 12.5. The van der Waals surface area contributed by atoms with Gasteiger partial charge in [-0.25, -0.2) is 9.78 Å². The molecule has 0 saturated carbocycles. The Morgan fingerprint density at radius 2 is 2.05 bits per heavy atom. The van der Waals surface area contributed by atoms with Gasteiger partial charge in [0.2, 0.25) is 0 Å². The molecular formula is C17H16N2O3. The van der Waals surface area contributed by atoms with Gasteiger partial charge >= 0.3 is 5.97 Å². The Morgan fingerprint density at radius 3 is 2.77 bits per heavy atom. The van der Waals surface area contributed by atoms with Crippen molar-refractivity contribution in [1.82, 2.24) is 9.97 Å². The van der Waals surface area contributed by atoms with Gasteiger partial charge in [-0.05, 0) is 44.2 Å². The Kier molecular flexibility index (Phi) is 3.55. The number of aromatic nitrogens is 2. The van der Waals surface area contributed by atoms with Crippen molar-refractivity contribution in [3.8, 4) is 17.1 Å². The predicted octanol–water partition coefficient (Wildman–Crippen LogP) is 3.72. The van der Waals surface area contributed by atoms with Crippen LogP contribution in [0.5, 0.6) is 5.75 Å². The van der Waals surface area contributed by atoms with Crippen molar-refractivity contribution in [3.05, 3.63) is 48.0 Å². The molecule has 0 aliphatic rings. The van der Waals surface area contributed by atoms with E-state index in [0.29, 0.717) is 11.3 Å². The number of hydrogen-bond acceptors (Lipinski definition) is 3. The molecule has 1 heterocycles. The Labute approximate surface area is 127 Å². The van der Waals surface area contributed by atoms with Crippen LogP contribution in [0.4, 0.5) is 0 Å². The Balaban J connectivity index is 2.01. The van der Waals surface area contributed by atoms with E-state index >= 15 is 0 Å². The van der Waals surface area contributed by atoms with E-state index in [-0.39, 0.29) is 11.7 Å². The Morgan fingerprint density at radius 1 is 1.23 bits per heavy atom. The Hall–Kier alpha value is -2.82. The molecule has 0 spiro atoms. The van der Waals surface area contributed by atoms with Gasteiger partial charge in [0.05, 0.1) is 22.7 Å². The summed E-state index contributed by atoms with van der Waals surface area (Å²) >= 11 is 0. The van der Waals surface area contributed by atoms with Crippen molar-refractivity contribution >= 4 is 17.0 Å². The minimum Gasteiger partial charge on any atom is -0.491 e. The smallest absolute Gasteiger partial charge is 0.335 e. The number of nitrogens with one attached hydrogen (secondary N) is 1.